The number of halogens is 1. The first-order chi connectivity index (χ1) is 5.83. The zero-order valence-corrected chi connectivity index (χ0v) is 7.92. The molecule has 0 amide bonds. The molecule has 0 spiro atoms. The monoisotopic (exact) mass is 204 g/mol. The third kappa shape index (κ3) is 3.38. The van der Waals surface area contributed by atoms with E-state index in [1.807, 2.05) is 0 Å². The fourth-order valence-corrected chi connectivity index (χ4v) is 1.54. The van der Waals surface area contributed by atoms with Gasteiger partial charge in [0.05, 0.1) is 6.10 Å². The Morgan fingerprint density at radius 1 is 1.50 bits per heavy atom. The van der Waals surface area contributed by atoms with Gasteiger partial charge in [-0.25, -0.2) is 9.97 Å². The molecule has 0 aliphatic carbocycles. The number of aliphatic hydroxyl groups is 1. The first-order valence-corrected chi connectivity index (χ1v) is 4.99. The molecule has 12 heavy (non-hydrogen) atoms. The normalized spacial score (nSPS) is 12.8. The SMILES string of the molecule is OC(CCl)CSc1ncccn1. The Morgan fingerprint density at radius 3 is 2.75 bits per heavy atom. The van der Waals surface area contributed by atoms with Crippen LogP contribution in [0.1, 0.15) is 0 Å². The van der Waals surface area contributed by atoms with Gasteiger partial charge in [0.2, 0.25) is 0 Å². The van der Waals surface area contributed by atoms with Crippen LogP contribution in [0.4, 0.5) is 0 Å². The molecule has 1 heterocycles. The maximum Gasteiger partial charge on any atom is 0.187 e. The van der Waals surface area contributed by atoms with Crippen LogP contribution in [0.5, 0.6) is 0 Å². The lowest BCUT2D eigenvalue weighted by Crippen LogP contribution is -2.11. The summed E-state index contributed by atoms with van der Waals surface area (Å²) in [6.07, 6.45) is 2.85. The van der Waals surface area contributed by atoms with Gasteiger partial charge in [0.25, 0.3) is 0 Å². The number of aliphatic hydroxyl groups excluding tert-OH is 1. The van der Waals surface area contributed by atoms with Crippen LogP contribution in [0, 0.1) is 0 Å². The molecule has 0 bridgehead atoms. The van der Waals surface area contributed by atoms with E-state index in [-0.39, 0.29) is 5.88 Å². The molecule has 0 fully saturated rings. The highest BCUT2D eigenvalue weighted by atomic mass is 35.5. The molecule has 0 aromatic carbocycles. The minimum absolute atomic E-state index is 0.250. The average molecular weight is 205 g/mol. The number of thioether (sulfide) groups is 1. The van der Waals surface area contributed by atoms with Gasteiger partial charge in [0.15, 0.2) is 5.16 Å². The molecule has 0 aliphatic heterocycles. The highest BCUT2D eigenvalue weighted by Gasteiger charge is 2.03. The van der Waals surface area contributed by atoms with Crippen molar-refractivity contribution in [2.24, 2.45) is 0 Å². The van der Waals surface area contributed by atoms with Crippen LogP contribution in [-0.4, -0.2) is 32.8 Å². The van der Waals surface area contributed by atoms with Crippen LogP contribution in [-0.2, 0) is 0 Å². The quantitative estimate of drug-likeness (QED) is 0.455. The number of rotatable bonds is 4. The molecule has 0 aliphatic rings. The van der Waals surface area contributed by atoms with Crippen LogP contribution in [0.15, 0.2) is 23.6 Å². The van der Waals surface area contributed by atoms with Gasteiger partial charge in [-0.15, -0.1) is 11.6 Å². The molecular weight excluding hydrogens is 196 g/mol. The lowest BCUT2D eigenvalue weighted by Gasteiger charge is -2.03. The molecule has 66 valence electrons. The van der Waals surface area contributed by atoms with Crippen LogP contribution < -0.4 is 0 Å². The first-order valence-electron chi connectivity index (χ1n) is 3.47. The molecule has 1 rings (SSSR count). The summed E-state index contributed by atoms with van der Waals surface area (Å²) in [5.74, 6) is 0.785. The molecule has 1 unspecified atom stereocenters. The van der Waals surface area contributed by atoms with Crippen LogP contribution in [0.25, 0.3) is 0 Å². The Balaban J connectivity index is 2.33. The van der Waals surface area contributed by atoms with Crippen LogP contribution in [0.3, 0.4) is 0 Å². The predicted molar refractivity (Wildman–Crippen MR) is 49.5 cm³/mol. The van der Waals surface area contributed by atoms with Crippen molar-refractivity contribution in [3.05, 3.63) is 18.5 Å². The molecular formula is C7H9ClN2OS. The summed E-state index contributed by atoms with van der Waals surface area (Å²) >= 11 is 6.81. The zero-order chi connectivity index (χ0) is 8.81. The van der Waals surface area contributed by atoms with Crippen molar-refractivity contribution in [1.82, 2.24) is 9.97 Å². The number of nitrogens with zero attached hydrogens (tertiary/aromatic N) is 2. The van der Waals surface area contributed by atoms with Gasteiger partial charge < -0.3 is 5.11 Å². The lowest BCUT2D eigenvalue weighted by molar-refractivity contribution is 0.223. The van der Waals surface area contributed by atoms with Crippen molar-refractivity contribution >= 4 is 23.4 Å². The summed E-state index contributed by atoms with van der Waals surface area (Å²) in [7, 11) is 0. The van der Waals surface area contributed by atoms with Gasteiger partial charge in [-0.2, -0.15) is 0 Å². The molecule has 1 N–H and O–H groups in total. The standard InChI is InChI=1S/C7H9ClN2OS/c8-4-6(11)5-12-7-9-2-1-3-10-7/h1-3,6,11H,4-5H2. The topological polar surface area (TPSA) is 46.0 Å². The van der Waals surface area contributed by atoms with E-state index in [9.17, 15) is 0 Å². The minimum atomic E-state index is -0.486. The zero-order valence-electron chi connectivity index (χ0n) is 6.35. The fourth-order valence-electron chi connectivity index (χ4n) is 0.575. The van der Waals surface area contributed by atoms with E-state index < -0.39 is 6.10 Å². The van der Waals surface area contributed by atoms with Crippen LogP contribution >= 0.6 is 23.4 Å². The smallest absolute Gasteiger partial charge is 0.187 e. The first kappa shape index (κ1) is 9.77. The molecule has 3 nitrogen and oxygen atoms in total. The highest BCUT2D eigenvalue weighted by molar-refractivity contribution is 7.99. The van der Waals surface area contributed by atoms with Gasteiger partial charge in [0.1, 0.15) is 0 Å². The van der Waals surface area contributed by atoms with Gasteiger partial charge in [-0.3, -0.25) is 0 Å². The maximum absolute atomic E-state index is 9.11. The summed E-state index contributed by atoms with van der Waals surface area (Å²) in [4.78, 5) is 7.97. The second kappa shape index (κ2) is 5.35. The largest absolute Gasteiger partial charge is 0.391 e. The second-order valence-corrected chi connectivity index (χ2v) is 3.45. The second-order valence-electron chi connectivity index (χ2n) is 2.15. The van der Waals surface area contributed by atoms with Crippen molar-refractivity contribution < 1.29 is 5.11 Å². The van der Waals surface area contributed by atoms with E-state index in [0.717, 1.165) is 0 Å². The van der Waals surface area contributed by atoms with Gasteiger partial charge in [-0.05, 0) is 6.07 Å². The molecule has 0 saturated heterocycles. The Hall–Kier alpha value is -0.320. The van der Waals surface area contributed by atoms with Gasteiger partial charge >= 0.3 is 0 Å². The fraction of sp³-hybridized carbons (Fsp3) is 0.429. The predicted octanol–water partition coefficient (Wildman–Crippen LogP) is 1.17. The molecule has 1 aromatic heterocycles. The van der Waals surface area contributed by atoms with E-state index in [4.69, 9.17) is 16.7 Å². The highest BCUT2D eigenvalue weighted by Crippen LogP contribution is 2.12. The molecule has 1 atom stereocenters. The summed E-state index contributed by atoms with van der Waals surface area (Å²) in [6, 6.07) is 1.75. The number of alkyl halides is 1. The summed E-state index contributed by atoms with van der Waals surface area (Å²) in [5.41, 5.74) is 0. The molecule has 0 saturated carbocycles. The van der Waals surface area contributed by atoms with Crippen molar-refractivity contribution in [3.63, 3.8) is 0 Å². The molecule has 5 heteroatoms. The van der Waals surface area contributed by atoms with E-state index in [1.54, 1.807) is 18.5 Å². The Kier molecular flexibility index (Phi) is 4.35. The third-order valence-electron chi connectivity index (χ3n) is 1.13. The number of hydrogen-bond donors (Lipinski definition) is 1. The third-order valence-corrected chi connectivity index (χ3v) is 2.50. The Morgan fingerprint density at radius 2 is 2.17 bits per heavy atom. The lowest BCUT2D eigenvalue weighted by atomic mass is 10.5. The van der Waals surface area contributed by atoms with Crippen molar-refractivity contribution in [3.8, 4) is 0 Å². The maximum atomic E-state index is 9.11. The van der Waals surface area contributed by atoms with Crippen molar-refractivity contribution in [2.75, 3.05) is 11.6 Å². The molecule has 1 aromatic rings. The van der Waals surface area contributed by atoms with E-state index in [2.05, 4.69) is 9.97 Å². The van der Waals surface area contributed by atoms with Gasteiger partial charge in [0, 0.05) is 24.0 Å². The van der Waals surface area contributed by atoms with E-state index in [1.165, 1.54) is 11.8 Å². The van der Waals surface area contributed by atoms with Crippen molar-refractivity contribution in [2.45, 2.75) is 11.3 Å². The van der Waals surface area contributed by atoms with Crippen molar-refractivity contribution in [1.29, 1.82) is 0 Å². The summed E-state index contributed by atoms with van der Waals surface area (Å²) < 4.78 is 0. The van der Waals surface area contributed by atoms with E-state index in [0.29, 0.717) is 10.9 Å². The van der Waals surface area contributed by atoms with Gasteiger partial charge in [-0.1, -0.05) is 11.8 Å². The summed E-state index contributed by atoms with van der Waals surface area (Å²) in [5, 5.41) is 9.78. The van der Waals surface area contributed by atoms with Crippen LogP contribution in [0.2, 0.25) is 0 Å². The van der Waals surface area contributed by atoms with E-state index >= 15 is 0 Å². The average Bonchev–Trinajstić information content (AvgIpc) is 2.16. The minimum Gasteiger partial charge on any atom is -0.391 e. The number of hydrogen-bond acceptors (Lipinski definition) is 4. The Bertz CT molecular complexity index is 222. The number of aromatic nitrogens is 2. The Labute approximate surface area is 80.2 Å². The molecule has 0 radical (unpaired) electrons. The summed E-state index contributed by atoms with van der Waals surface area (Å²) in [6.45, 7) is 0.